The van der Waals surface area contributed by atoms with E-state index in [9.17, 15) is 23.9 Å². The van der Waals surface area contributed by atoms with Crippen LogP contribution in [0.15, 0.2) is 47.1 Å². The Morgan fingerprint density at radius 3 is 2.34 bits per heavy atom. The van der Waals surface area contributed by atoms with Crippen molar-refractivity contribution >= 4 is 17.8 Å². The van der Waals surface area contributed by atoms with Crippen LogP contribution in [0.5, 0.6) is 0 Å². The van der Waals surface area contributed by atoms with Crippen molar-refractivity contribution in [2.75, 3.05) is 19.7 Å². The molecule has 8 nitrogen and oxygen atoms in total. The van der Waals surface area contributed by atoms with Crippen molar-refractivity contribution in [1.82, 2.24) is 9.80 Å². The standard InChI is InChI=1S/C20H19FN2O6/c21-14-5-3-13(4-6-14)17(24)22-9-7-20(8-10-22)23(15(12-29-20)19(26)27)18(25)16-2-1-11-28-16/h1-6,11,15H,7-10,12H2,(H,26,27)/t15-/m1/s1. The Labute approximate surface area is 165 Å². The van der Waals surface area contributed by atoms with Crippen LogP contribution in [0.2, 0.25) is 0 Å². The number of nitrogens with zero attached hydrogens (tertiary/aromatic N) is 2. The second-order valence-corrected chi connectivity index (χ2v) is 7.06. The predicted octanol–water partition coefficient (Wildman–Crippen LogP) is 1.98. The molecule has 0 aliphatic carbocycles. The first kappa shape index (κ1) is 19.1. The van der Waals surface area contributed by atoms with Gasteiger partial charge in [0.2, 0.25) is 0 Å². The summed E-state index contributed by atoms with van der Waals surface area (Å²) in [6.07, 6.45) is 1.86. The van der Waals surface area contributed by atoms with Gasteiger partial charge in [0.05, 0.1) is 12.9 Å². The molecule has 1 aromatic carbocycles. The molecule has 152 valence electrons. The van der Waals surface area contributed by atoms with Gasteiger partial charge in [-0.2, -0.15) is 0 Å². The van der Waals surface area contributed by atoms with Crippen LogP contribution >= 0.6 is 0 Å². The fourth-order valence-electron chi connectivity index (χ4n) is 3.91. The van der Waals surface area contributed by atoms with Crippen LogP contribution in [-0.2, 0) is 9.53 Å². The predicted molar refractivity (Wildman–Crippen MR) is 96.5 cm³/mol. The van der Waals surface area contributed by atoms with Crippen molar-refractivity contribution in [3.8, 4) is 0 Å². The minimum atomic E-state index is -1.16. The summed E-state index contributed by atoms with van der Waals surface area (Å²) in [7, 11) is 0. The fraction of sp³-hybridized carbons (Fsp3) is 0.350. The molecule has 1 N–H and O–H groups in total. The quantitative estimate of drug-likeness (QED) is 0.843. The maximum absolute atomic E-state index is 13.1. The van der Waals surface area contributed by atoms with E-state index in [1.165, 1.54) is 41.5 Å². The maximum Gasteiger partial charge on any atom is 0.328 e. The van der Waals surface area contributed by atoms with Gasteiger partial charge in [-0.3, -0.25) is 14.5 Å². The normalized spacial score (nSPS) is 20.8. The van der Waals surface area contributed by atoms with E-state index >= 15 is 0 Å². The van der Waals surface area contributed by atoms with Crippen LogP contribution in [0.3, 0.4) is 0 Å². The highest BCUT2D eigenvalue weighted by Crippen LogP contribution is 2.38. The molecule has 2 aliphatic heterocycles. The lowest BCUT2D eigenvalue weighted by Crippen LogP contribution is -2.58. The average Bonchev–Trinajstić information content (AvgIpc) is 3.37. The molecule has 2 aliphatic rings. The van der Waals surface area contributed by atoms with Crippen LogP contribution < -0.4 is 0 Å². The highest BCUT2D eigenvalue weighted by Gasteiger charge is 2.54. The largest absolute Gasteiger partial charge is 0.480 e. The molecule has 2 saturated heterocycles. The number of likely N-dealkylation sites (tertiary alicyclic amines) is 1. The molecule has 2 amide bonds. The summed E-state index contributed by atoms with van der Waals surface area (Å²) in [6.45, 7) is 0.405. The maximum atomic E-state index is 13.1. The number of furan rings is 1. The average molecular weight is 402 g/mol. The summed E-state index contributed by atoms with van der Waals surface area (Å²) >= 11 is 0. The van der Waals surface area contributed by atoms with Gasteiger partial charge in [0.1, 0.15) is 11.5 Å². The fourth-order valence-corrected chi connectivity index (χ4v) is 3.91. The Hall–Kier alpha value is -3.20. The molecular weight excluding hydrogens is 383 g/mol. The van der Waals surface area contributed by atoms with E-state index < -0.39 is 29.5 Å². The Kier molecular flexibility index (Phi) is 4.83. The van der Waals surface area contributed by atoms with Gasteiger partial charge in [0.15, 0.2) is 11.8 Å². The number of ether oxygens (including phenoxy) is 1. The lowest BCUT2D eigenvalue weighted by molar-refractivity contribution is -0.143. The number of aliphatic carboxylic acids is 1. The second kappa shape index (κ2) is 7.32. The van der Waals surface area contributed by atoms with Gasteiger partial charge < -0.3 is 19.2 Å². The number of carboxylic acids is 1. The lowest BCUT2D eigenvalue weighted by atomic mass is 9.96. The van der Waals surface area contributed by atoms with Crippen molar-refractivity contribution in [2.45, 2.75) is 24.6 Å². The Morgan fingerprint density at radius 1 is 1.07 bits per heavy atom. The third-order valence-corrected chi connectivity index (χ3v) is 5.42. The first-order chi connectivity index (χ1) is 13.9. The molecule has 0 saturated carbocycles. The van der Waals surface area contributed by atoms with E-state index in [0.29, 0.717) is 5.56 Å². The first-order valence-corrected chi connectivity index (χ1v) is 9.20. The Morgan fingerprint density at radius 2 is 1.76 bits per heavy atom. The minimum absolute atomic E-state index is 0.0333. The Balaban J connectivity index is 1.53. The number of carbonyl (C=O) groups is 3. The molecule has 4 rings (SSSR count). The van der Waals surface area contributed by atoms with Gasteiger partial charge in [-0.05, 0) is 36.4 Å². The number of halogens is 1. The lowest BCUT2D eigenvalue weighted by Gasteiger charge is -2.43. The van der Waals surface area contributed by atoms with Gasteiger partial charge in [-0.15, -0.1) is 0 Å². The van der Waals surface area contributed by atoms with Crippen LogP contribution in [0, 0.1) is 5.82 Å². The third-order valence-electron chi connectivity index (χ3n) is 5.42. The highest BCUT2D eigenvalue weighted by atomic mass is 19.1. The smallest absolute Gasteiger partial charge is 0.328 e. The molecule has 2 aromatic rings. The second-order valence-electron chi connectivity index (χ2n) is 7.06. The van der Waals surface area contributed by atoms with Crippen LogP contribution in [0.25, 0.3) is 0 Å². The van der Waals surface area contributed by atoms with Gasteiger partial charge in [0.25, 0.3) is 11.8 Å². The molecular formula is C20H19FN2O6. The summed E-state index contributed by atoms with van der Waals surface area (Å²) in [5.74, 6) is -2.36. The van der Waals surface area contributed by atoms with Gasteiger partial charge in [-0.1, -0.05) is 0 Å². The molecule has 29 heavy (non-hydrogen) atoms. The van der Waals surface area contributed by atoms with Crippen molar-refractivity contribution in [3.63, 3.8) is 0 Å². The molecule has 1 atom stereocenters. The van der Waals surface area contributed by atoms with E-state index in [1.807, 2.05) is 0 Å². The van der Waals surface area contributed by atoms with Crippen LogP contribution in [0.4, 0.5) is 4.39 Å². The topological polar surface area (TPSA) is 100 Å². The van der Waals surface area contributed by atoms with Crippen molar-refractivity contribution in [1.29, 1.82) is 0 Å². The Bertz CT molecular complexity index is 919. The summed E-state index contributed by atoms with van der Waals surface area (Å²) in [4.78, 5) is 40.1. The van der Waals surface area contributed by atoms with Crippen molar-refractivity contribution in [3.05, 3.63) is 59.8 Å². The monoisotopic (exact) mass is 402 g/mol. The van der Waals surface area contributed by atoms with Crippen LogP contribution in [0.1, 0.15) is 33.8 Å². The zero-order valence-electron chi connectivity index (χ0n) is 15.4. The van der Waals surface area contributed by atoms with E-state index in [0.717, 1.165) is 0 Å². The van der Waals surface area contributed by atoms with E-state index in [2.05, 4.69) is 0 Å². The summed E-state index contributed by atoms with van der Waals surface area (Å²) in [5, 5.41) is 9.56. The SMILES string of the molecule is O=C(O)[C@H]1COC2(CCN(C(=O)c3ccc(F)cc3)CC2)N1C(=O)c1ccco1. The van der Waals surface area contributed by atoms with Gasteiger partial charge >= 0.3 is 5.97 Å². The number of rotatable bonds is 3. The van der Waals surface area contributed by atoms with Gasteiger partial charge in [0, 0.05) is 31.5 Å². The third kappa shape index (κ3) is 3.38. The molecule has 0 bridgehead atoms. The molecule has 3 heterocycles. The van der Waals surface area contributed by atoms with E-state index in [-0.39, 0.29) is 44.2 Å². The number of benzene rings is 1. The summed E-state index contributed by atoms with van der Waals surface area (Å²) in [6, 6.07) is 7.17. The number of amides is 2. The molecule has 1 aromatic heterocycles. The number of piperidine rings is 1. The van der Waals surface area contributed by atoms with E-state index in [1.54, 1.807) is 11.0 Å². The van der Waals surface area contributed by atoms with Gasteiger partial charge in [-0.25, -0.2) is 9.18 Å². The zero-order valence-corrected chi connectivity index (χ0v) is 15.4. The summed E-state index contributed by atoms with van der Waals surface area (Å²) < 4.78 is 24.1. The molecule has 1 spiro atoms. The summed E-state index contributed by atoms with van der Waals surface area (Å²) in [5.41, 5.74) is -0.756. The molecule has 0 unspecified atom stereocenters. The van der Waals surface area contributed by atoms with Crippen LogP contribution in [-0.4, -0.2) is 64.2 Å². The number of carbonyl (C=O) groups excluding carboxylic acids is 2. The minimum Gasteiger partial charge on any atom is -0.480 e. The number of carboxylic acid groups (broad SMARTS) is 1. The highest BCUT2D eigenvalue weighted by molar-refractivity contribution is 5.96. The van der Waals surface area contributed by atoms with Crippen molar-refractivity contribution in [2.24, 2.45) is 0 Å². The first-order valence-electron chi connectivity index (χ1n) is 9.20. The zero-order chi connectivity index (χ0) is 20.6. The number of hydrogen-bond donors (Lipinski definition) is 1. The molecule has 9 heteroatoms. The molecule has 2 fully saturated rings. The van der Waals surface area contributed by atoms with E-state index in [4.69, 9.17) is 9.15 Å². The number of hydrogen-bond acceptors (Lipinski definition) is 5. The van der Waals surface area contributed by atoms with Crippen molar-refractivity contribution < 1.29 is 33.0 Å². The molecule has 0 radical (unpaired) electrons.